The molecule has 0 bridgehead atoms. The van der Waals surface area contributed by atoms with E-state index in [4.69, 9.17) is 9.47 Å². The van der Waals surface area contributed by atoms with Crippen molar-refractivity contribution in [2.24, 2.45) is 5.10 Å². The molecule has 2 aromatic heterocycles. The third-order valence-corrected chi connectivity index (χ3v) is 6.81. The van der Waals surface area contributed by atoms with Gasteiger partial charge in [-0.15, -0.1) is 11.3 Å². The molecule has 0 spiro atoms. The molecule has 0 fully saturated rings. The van der Waals surface area contributed by atoms with Crippen LogP contribution in [0.5, 0.6) is 11.5 Å². The van der Waals surface area contributed by atoms with E-state index in [1.807, 2.05) is 48.5 Å². The molecule has 0 saturated heterocycles. The number of ether oxygens (including phenoxy) is 2. The van der Waals surface area contributed by atoms with E-state index in [1.54, 1.807) is 24.7 Å². The zero-order chi connectivity index (χ0) is 21.9. The van der Waals surface area contributed by atoms with E-state index in [1.165, 1.54) is 27.9 Å². The first-order valence-corrected chi connectivity index (χ1v) is 11.5. The Bertz CT molecular complexity index is 1340. The maximum absolute atomic E-state index is 13.1. The number of aryl methyl sites for hydroxylation is 2. The Hall–Kier alpha value is -3.45. The summed E-state index contributed by atoms with van der Waals surface area (Å²) in [7, 11) is 1.60. The van der Waals surface area contributed by atoms with Crippen molar-refractivity contribution in [3.8, 4) is 11.5 Å². The molecule has 162 valence electrons. The summed E-state index contributed by atoms with van der Waals surface area (Å²) in [5.74, 6) is 1.26. The summed E-state index contributed by atoms with van der Waals surface area (Å²) in [4.78, 5) is 19.6. The number of hydrogen-bond acceptors (Lipinski definition) is 6. The SMILES string of the molecule is COc1cc(C=Nn2cnc3sc4c(c3c2=O)CCCC4)ccc1OCc1ccccc1. The van der Waals surface area contributed by atoms with E-state index >= 15 is 0 Å². The maximum atomic E-state index is 13.1. The number of methoxy groups -OCH3 is 1. The van der Waals surface area contributed by atoms with Gasteiger partial charge in [-0.05, 0) is 60.6 Å². The standard InChI is InChI=1S/C25H23N3O3S/c1-30-21-13-18(11-12-20(21)31-15-17-7-3-2-4-8-17)14-27-28-16-26-24-23(25(28)29)19-9-5-6-10-22(19)32-24/h2-4,7-8,11-14,16H,5-6,9-10,15H2,1H3. The van der Waals surface area contributed by atoms with Crippen LogP contribution in [-0.2, 0) is 19.4 Å². The van der Waals surface area contributed by atoms with Gasteiger partial charge in [0.2, 0.25) is 0 Å². The van der Waals surface area contributed by atoms with E-state index in [2.05, 4.69) is 10.1 Å². The molecule has 0 N–H and O–H groups in total. The number of aromatic nitrogens is 2. The van der Waals surface area contributed by atoms with Crippen molar-refractivity contribution in [2.45, 2.75) is 32.3 Å². The van der Waals surface area contributed by atoms with Gasteiger partial charge in [0.05, 0.1) is 18.7 Å². The zero-order valence-corrected chi connectivity index (χ0v) is 18.6. The highest BCUT2D eigenvalue weighted by Crippen LogP contribution is 2.33. The summed E-state index contributed by atoms with van der Waals surface area (Å²) >= 11 is 1.64. The third kappa shape index (κ3) is 4.03. The van der Waals surface area contributed by atoms with Gasteiger partial charge in [-0.25, -0.2) is 4.98 Å². The van der Waals surface area contributed by atoms with Crippen molar-refractivity contribution in [3.05, 3.63) is 86.8 Å². The van der Waals surface area contributed by atoms with Gasteiger partial charge in [-0.3, -0.25) is 4.79 Å². The van der Waals surface area contributed by atoms with Crippen molar-refractivity contribution in [2.75, 3.05) is 7.11 Å². The fourth-order valence-corrected chi connectivity index (χ4v) is 5.19. The van der Waals surface area contributed by atoms with Crippen LogP contribution in [0.25, 0.3) is 10.2 Å². The molecular formula is C25H23N3O3S. The molecule has 0 amide bonds. The maximum Gasteiger partial charge on any atom is 0.282 e. The smallest absolute Gasteiger partial charge is 0.282 e. The molecule has 7 heteroatoms. The van der Waals surface area contributed by atoms with Crippen molar-refractivity contribution < 1.29 is 9.47 Å². The van der Waals surface area contributed by atoms with E-state index in [9.17, 15) is 4.79 Å². The van der Waals surface area contributed by atoms with Crippen LogP contribution in [0.1, 0.15) is 34.4 Å². The number of fused-ring (bicyclic) bond motifs is 3. The molecule has 0 unspecified atom stereocenters. The van der Waals surface area contributed by atoms with E-state index in [0.29, 0.717) is 18.1 Å². The summed E-state index contributed by atoms with van der Waals surface area (Å²) in [6.45, 7) is 0.455. The Labute approximate surface area is 189 Å². The first kappa shape index (κ1) is 20.5. The normalized spacial score (nSPS) is 13.4. The molecule has 1 aliphatic carbocycles. The summed E-state index contributed by atoms with van der Waals surface area (Å²) in [6, 6.07) is 15.5. The molecule has 0 saturated carbocycles. The lowest BCUT2D eigenvalue weighted by Gasteiger charge is -2.11. The first-order chi connectivity index (χ1) is 15.7. The average Bonchev–Trinajstić information content (AvgIpc) is 3.22. The minimum atomic E-state index is -0.111. The molecular weight excluding hydrogens is 422 g/mol. The molecule has 0 radical (unpaired) electrons. The predicted octanol–water partition coefficient (Wildman–Crippen LogP) is 4.81. The van der Waals surface area contributed by atoms with Crippen LogP contribution < -0.4 is 15.0 Å². The molecule has 32 heavy (non-hydrogen) atoms. The van der Waals surface area contributed by atoms with Gasteiger partial charge in [0.25, 0.3) is 5.56 Å². The number of hydrogen-bond donors (Lipinski definition) is 0. The van der Waals surface area contributed by atoms with Crippen LogP contribution in [0.15, 0.2) is 64.8 Å². The average molecular weight is 446 g/mol. The fraction of sp³-hybridized carbons (Fsp3) is 0.240. The minimum absolute atomic E-state index is 0.111. The van der Waals surface area contributed by atoms with Crippen molar-refractivity contribution in [1.82, 2.24) is 9.66 Å². The van der Waals surface area contributed by atoms with E-state index in [0.717, 1.165) is 40.6 Å². The molecule has 0 atom stereocenters. The topological polar surface area (TPSA) is 65.7 Å². The van der Waals surface area contributed by atoms with Gasteiger partial charge in [0, 0.05) is 4.88 Å². The molecule has 6 nitrogen and oxygen atoms in total. The second-order valence-electron chi connectivity index (χ2n) is 7.71. The number of nitrogens with zero attached hydrogens (tertiary/aromatic N) is 3. The van der Waals surface area contributed by atoms with Crippen LogP contribution in [0, 0.1) is 0 Å². The third-order valence-electron chi connectivity index (χ3n) is 5.62. The van der Waals surface area contributed by atoms with Crippen molar-refractivity contribution in [1.29, 1.82) is 0 Å². The van der Waals surface area contributed by atoms with Gasteiger partial charge >= 0.3 is 0 Å². The highest BCUT2D eigenvalue weighted by molar-refractivity contribution is 7.18. The van der Waals surface area contributed by atoms with Gasteiger partial charge in [-0.1, -0.05) is 30.3 Å². The summed E-state index contributed by atoms with van der Waals surface area (Å²) < 4.78 is 12.7. The monoisotopic (exact) mass is 445 g/mol. The molecule has 4 aromatic rings. The predicted molar refractivity (Wildman–Crippen MR) is 127 cm³/mol. The highest BCUT2D eigenvalue weighted by atomic mass is 32.1. The molecule has 1 aliphatic rings. The number of rotatable bonds is 6. The largest absolute Gasteiger partial charge is 0.493 e. The second kappa shape index (κ2) is 8.96. The Balaban J connectivity index is 1.39. The van der Waals surface area contributed by atoms with Gasteiger partial charge in [0.15, 0.2) is 11.5 Å². The Morgan fingerprint density at radius 1 is 1.12 bits per heavy atom. The molecule has 0 aliphatic heterocycles. The van der Waals surface area contributed by atoms with Crippen LogP contribution in [0.2, 0.25) is 0 Å². The number of benzene rings is 2. The first-order valence-electron chi connectivity index (χ1n) is 10.6. The van der Waals surface area contributed by atoms with Crippen LogP contribution in [0.4, 0.5) is 0 Å². The Kier molecular flexibility index (Phi) is 5.73. The summed E-state index contributed by atoms with van der Waals surface area (Å²) in [5, 5.41) is 5.11. The second-order valence-corrected chi connectivity index (χ2v) is 8.80. The molecule has 2 aromatic carbocycles. The minimum Gasteiger partial charge on any atom is -0.493 e. The molecule has 2 heterocycles. The van der Waals surface area contributed by atoms with Gasteiger partial charge in [0.1, 0.15) is 17.8 Å². The summed E-state index contributed by atoms with van der Waals surface area (Å²) in [6.07, 6.45) is 7.42. The number of thiophene rings is 1. The van der Waals surface area contributed by atoms with Crippen LogP contribution in [-0.4, -0.2) is 23.0 Å². The van der Waals surface area contributed by atoms with Crippen LogP contribution in [0.3, 0.4) is 0 Å². The lowest BCUT2D eigenvalue weighted by molar-refractivity contribution is 0.284. The van der Waals surface area contributed by atoms with Crippen molar-refractivity contribution in [3.63, 3.8) is 0 Å². The highest BCUT2D eigenvalue weighted by Gasteiger charge is 2.19. The lowest BCUT2D eigenvalue weighted by Crippen LogP contribution is -2.18. The van der Waals surface area contributed by atoms with Crippen molar-refractivity contribution >= 4 is 27.8 Å². The lowest BCUT2D eigenvalue weighted by atomic mass is 9.97. The Morgan fingerprint density at radius 2 is 1.97 bits per heavy atom. The van der Waals surface area contributed by atoms with Crippen LogP contribution >= 0.6 is 11.3 Å². The van der Waals surface area contributed by atoms with Gasteiger partial charge < -0.3 is 9.47 Å². The quantitative estimate of drug-likeness (QED) is 0.400. The Morgan fingerprint density at radius 3 is 2.81 bits per heavy atom. The van der Waals surface area contributed by atoms with E-state index < -0.39 is 0 Å². The van der Waals surface area contributed by atoms with Gasteiger partial charge in [-0.2, -0.15) is 9.78 Å². The zero-order valence-electron chi connectivity index (χ0n) is 17.8. The fourth-order valence-electron chi connectivity index (χ4n) is 3.97. The van der Waals surface area contributed by atoms with E-state index in [-0.39, 0.29) is 5.56 Å². The molecule has 5 rings (SSSR count). The summed E-state index contributed by atoms with van der Waals surface area (Å²) in [5.41, 5.74) is 2.94.